The van der Waals surface area contributed by atoms with Gasteiger partial charge in [0.05, 0.1) is 5.71 Å². The van der Waals surface area contributed by atoms with Gasteiger partial charge in [0.2, 0.25) is 0 Å². The third-order valence-electron chi connectivity index (χ3n) is 10.8. The van der Waals surface area contributed by atoms with Crippen LogP contribution in [0.5, 0.6) is 0 Å². The van der Waals surface area contributed by atoms with E-state index in [-0.39, 0.29) is 24.2 Å². The number of unbranched alkanes of at least 4 members (excludes halogenated alkanes) is 1. The molecular weight excluding hydrogens is 492 g/mol. The van der Waals surface area contributed by atoms with Crippen molar-refractivity contribution in [3.63, 3.8) is 0 Å². The number of allylic oxidation sites excluding steroid dienone is 4. The first-order valence-corrected chi connectivity index (χ1v) is 15.0. The minimum atomic E-state index is -3.56. The Balaban J connectivity index is 1.42. The van der Waals surface area contributed by atoms with E-state index in [0.29, 0.717) is 25.4 Å². The Labute approximate surface area is 231 Å². The van der Waals surface area contributed by atoms with Crippen molar-refractivity contribution in [3.8, 4) is 12.3 Å². The Morgan fingerprint density at radius 3 is 2.54 bits per heavy atom. The quantitative estimate of drug-likeness (QED) is 0.219. The van der Waals surface area contributed by atoms with Crippen molar-refractivity contribution in [1.82, 2.24) is 0 Å². The molecule has 3 fully saturated rings. The summed E-state index contributed by atoms with van der Waals surface area (Å²) >= 11 is 0. The lowest BCUT2D eigenvalue weighted by Gasteiger charge is -2.55. The van der Waals surface area contributed by atoms with Crippen LogP contribution in [-0.4, -0.2) is 28.9 Å². The number of alkyl halides is 2. The summed E-state index contributed by atoms with van der Waals surface area (Å²) < 4.78 is 30.6. The lowest BCUT2D eigenvalue weighted by atomic mass is 9.50. The molecule has 0 aliphatic heterocycles. The van der Waals surface area contributed by atoms with Gasteiger partial charge >= 0.3 is 5.92 Å². The number of aliphatic hydroxyl groups is 1. The van der Waals surface area contributed by atoms with Gasteiger partial charge in [0.15, 0.2) is 0 Å². The Morgan fingerprint density at radius 1 is 1.10 bits per heavy atom. The van der Waals surface area contributed by atoms with Crippen LogP contribution in [0, 0.1) is 29.6 Å². The van der Waals surface area contributed by atoms with Crippen molar-refractivity contribution in [1.29, 1.82) is 0 Å². The fourth-order valence-electron chi connectivity index (χ4n) is 8.44. The molecule has 5 atom stereocenters. The molecule has 0 radical (unpaired) electrons. The number of rotatable bonds is 7. The summed E-state index contributed by atoms with van der Waals surface area (Å²) in [6.45, 7) is 4.68. The minimum absolute atomic E-state index is 0.0132. The minimum Gasteiger partial charge on any atom is -0.396 e. The highest BCUT2D eigenvalue weighted by Crippen LogP contribution is 2.69. The highest BCUT2D eigenvalue weighted by Gasteiger charge is 2.71. The number of fused-ring (bicyclic) bond motifs is 4. The summed E-state index contributed by atoms with van der Waals surface area (Å²) in [5.41, 5.74) is 4.54. The van der Waals surface area contributed by atoms with Crippen LogP contribution in [0.3, 0.4) is 0 Å². The molecule has 0 bridgehead atoms. The second-order valence-corrected chi connectivity index (χ2v) is 12.9. The maximum atomic E-state index is 15.3. The van der Waals surface area contributed by atoms with Gasteiger partial charge in [-0.15, -0.1) is 6.42 Å². The molecule has 208 valence electrons. The molecule has 5 aliphatic carbocycles. The normalized spacial score (nSPS) is 35.1. The Hall–Kier alpha value is -2.45. The van der Waals surface area contributed by atoms with Gasteiger partial charge in [0, 0.05) is 11.3 Å². The first kappa shape index (κ1) is 26.8. The molecule has 1 N–H and O–H groups in total. The molecule has 0 unspecified atom stereocenters. The second-order valence-electron chi connectivity index (χ2n) is 12.9. The predicted molar refractivity (Wildman–Crippen MR) is 151 cm³/mol. The molecule has 0 spiro atoms. The third kappa shape index (κ3) is 4.29. The monoisotopic (exact) mass is 533 g/mol. The molecule has 0 saturated heterocycles. The van der Waals surface area contributed by atoms with Crippen LogP contribution in [0.2, 0.25) is 0 Å². The standard InChI is InChI=1S/C34H41F2NO2/c1-4-6-19-39-37-26-14-16-27-25(20-26)13-15-28-30-17-18-33(38,34(35,36)5-2)32(30,3)21-29(31(27)28)24-11-9-23(10-12-24)22-7-8-22/h2,9-12,20,22,28-30,38H,4,6-8,13-19,21H2,1,3H3/b37-26+/t28-,29+,30-,32-,33-/m0/s1. The zero-order valence-corrected chi connectivity index (χ0v) is 23.3. The summed E-state index contributed by atoms with van der Waals surface area (Å²) in [7, 11) is 0. The van der Waals surface area contributed by atoms with Crippen LogP contribution < -0.4 is 0 Å². The molecular formula is C34H41F2NO2. The summed E-state index contributed by atoms with van der Waals surface area (Å²) in [5, 5.41) is 16.1. The number of hydrogen-bond donors (Lipinski definition) is 1. The fraction of sp³-hybridized carbons (Fsp3) is 0.618. The largest absolute Gasteiger partial charge is 0.396 e. The molecule has 6 rings (SSSR count). The molecule has 1 aromatic carbocycles. The SMILES string of the molecule is C#CC(F)(F)[C@]1(O)CC[C@H]2[C@@H]3CCC4=C/C(=N/OCCCC)CCC4=C3[C@@H](c3ccc(C4CC4)cc3)C[C@@]21C. The molecule has 3 saturated carbocycles. The van der Waals surface area contributed by atoms with Crippen LogP contribution in [-0.2, 0) is 4.84 Å². The summed E-state index contributed by atoms with van der Waals surface area (Å²) in [5.74, 6) is -1.07. The number of hydrogen-bond acceptors (Lipinski definition) is 3. The number of terminal acetylenes is 1. The zero-order chi connectivity index (χ0) is 27.4. The van der Waals surface area contributed by atoms with E-state index in [0.717, 1.165) is 44.2 Å². The van der Waals surface area contributed by atoms with Crippen molar-refractivity contribution in [2.75, 3.05) is 6.61 Å². The topological polar surface area (TPSA) is 41.8 Å². The molecule has 0 amide bonds. The molecule has 0 heterocycles. The summed E-state index contributed by atoms with van der Waals surface area (Å²) in [6.07, 6.45) is 16.8. The average Bonchev–Trinajstić information content (AvgIpc) is 3.75. The molecule has 39 heavy (non-hydrogen) atoms. The summed E-state index contributed by atoms with van der Waals surface area (Å²) in [4.78, 5) is 5.57. The lowest BCUT2D eigenvalue weighted by molar-refractivity contribution is -0.209. The van der Waals surface area contributed by atoms with Crippen LogP contribution >= 0.6 is 0 Å². The van der Waals surface area contributed by atoms with Gasteiger partial charge in [-0.1, -0.05) is 55.3 Å². The molecule has 1 aromatic rings. The van der Waals surface area contributed by atoms with Crippen LogP contribution in [0.4, 0.5) is 8.78 Å². The van der Waals surface area contributed by atoms with Crippen molar-refractivity contribution in [2.24, 2.45) is 22.4 Å². The van der Waals surface area contributed by atoms with E-state index in [9.17, 15) is 5.11 Å². The molecule has 0 aromatic heterocycles. The van der Waals surface area contributed by atoms with Gasteiger partial charge in [-0.25, -0.2) is 0 Å². The molecule has 5 heteroatoms. The Bertz CT molecular complexity index is 1250. The third-order valence-corrected chi connectivity index (χ3v) is 10.8. The lowest BCUT2D eigenvalue weighted by Crippen LogP contribution is -2.60. The number of halogens is 2. The van der Waals surface area contributed by atoms with Crippen LogP contribution in [0.1, 0.15) is 107 Å². The molecule has 3 nitrogen and oxygen atoms in total. The van der Waals surface area contributed by atoms with E-state index in [1.54, 1.807) is 5.92 Å². The van der Waals surface area contributed by atoms with Crippen LogP contribution in [0.15, 0.2) is 52.2 Å². The predicted octanol–water partition coefficient (Wildman–Crippen LogP) is 8.07. The van der Waals surface area contributed by atoms with E-state index in [4.69, 9.17) is 11.3 Å². The highest BCUT2D eigenvalue weighted by molar-refractivity contribution is 5.97. The van der Waals surface area contributed by atoms with Gasteiger partial charge in [0.25, 0.3) is 0 Å². The number of oxime groups is 1. The smallest absolute Gasteiger partial charge is 0.336 e. The average molecular weight is 534 g/mol. The Kier molecular flexibility index (Phi) is 6.78. The van der Waals surface area contributed by atoms with Crippen molar-refractivity contribution >= 4 is 5.71 Å². The first-order valence-electron chi connectivity index (χ1n) is 15.0. The molecule has 5 aliphatic rings. The number of benzene rings is 1. The van der Waals surface area contributed by atoms with Crippen molar-refractivity contribution < 1.29 is 18.7 Å². The van der Waals surface area contributed by atoms with E-state index in [1.807, 2.05) is 6.92 Å². The van der Waals surface area contributed by atoms with Gasteiger partial charge in [0.1, 0.15) is 12.2 Å². The van der Waals surface area contributed by atoms with E-state index in [1.165, 1.54) is 40.7 Å². The van der Waals surface area contributed by atoms with Gasteiger partial charge < -0.3 is 9.94 Å². The van der Waals surface area contributed by atoms with Crippen molar-refractivity contribution in [3.05, 3.63) is 58.2 Å². The highest BCUT2D eigenvalue weighted by atomic mass is 19.3. The van der Waals surface area contributed by atoms with Gasteiger partial charge in [-0.05, 0) is 116 Å². The van der Waals surface area contributed by atoms with E-state index in [2.05, 4.69) is 42.4 Å². The maximum Gasteiger partial charge on any atom is 0.336 e. The van der Waals surface area contributed by atoms with Gasteiger partial charge in [-0.2, -0.15) is 8.78 Å². The van der Waals surface area contributed by atoms with Gasteiger partial charge in [-0.3, -0.25) is 0 Å². The van der Waals surface area contributed by atoms with E-state index < -0.39 is 16.9 Å². The Morgan fingerprint density at radius 2 is 1.85 bits per heavy atom. The number of nitrogens with zero attached hydrogens (tertiary/aromatic N) is 1. The van der Waals surface area contributed by atoms with Crippen molar-refractivity contribution in [2.45, 2.75) is 108 Å². The van der Waals surface area contributed by atoms with Crippen LogP contribution in [0.25, 0.3) is 0 Å². The zero-order valence-electron chi connectivity index (χ0n) is 23.3. The maximum absolute atomic E-state index is 15.3. The second kappa shape index (κ2) is 9.88. The fourth-order valence-corrected chi connectivity index (χ4v) is 8.44. The summed E-state index contributed by atoms with van der Waals surface area (Å²) in [6, 6.07) is 8.90. The van der Waals surface area contributed by atoms with E-state index >= 15 is 8.78 Å². The first-order chi connectivity index (χ1) is 18.7.